The number of hydrogen-bond acceptors (Lipinski definition) is 3. The SMILES string of the molecule is CN1CCN(C(=O)CNCCc2ccc(F)cc2)CC1. The Bertz CT molecular complexity index is 427. The molecule has 1 aromatic rings. The summed E-state index contributed by atoms with van der Waals surface area (Å²) in [7, 11) is 2.07. The van der Waals surface area contributed by atoms with Gasteiger partial charge in [0.1, 0.15) is 5.82 Å². The summed E-state index contributed by atoms with van der Waals surface area (Å²) in [6.07, 6.45) is 0.802. The molecule has 0 saturated carbocycles. The highest BCUT2D eigenvalue weighted by atomic mass is 19.1. The molecular formula is C15H22FN3O. The molecule has 0 unspecified atom stereocenters. The summed E-state index contributed by atoms with van der Waals surface area (Å²) in [5.41, 5.74) is 1.07. The molecule has 1 heterocycles. The van der Waals surface area contributed by atoms with Crippen molar-refractivity contribution < 1.29 is 9.18 Å². The van der Waals surface area contributed by atoms with Crippen LogP contribution in [0.25, 0.3) is 0 Å². The fourth-order valence-corrected chi connectivity index (χ4v) is 2.25. The number of benzene rings is 1. The molecule has 4 nitrogen and oxygen atoms in total. The molecule has 0 aliphatic carbocycles. The second kappa shape index (κ2) is 7.36. The molecule has 110 valence electrons. The van der Waals surface area contributed by atoms with Crippen molar-refractivity contribution in [2.75, 3.05) is 46.3 Å². The van der Waals surface area contributed by atoms with Gasteiger partial charge in [-0.15, -0.1) is 0 Å². The van der Waals surface area contributed by atoms with Crippen LogP contribution in [-0.2, 0) is 11.2 Å². The Labute approximate surface area is 119 Å². The summed E-state index contributed by atoms with van der Waals surface area (Å²) in [6, 6.07) is 6.48. The predicted molar refractivity (Wildman–Crippen MR) is 77.1 cm³/mol. The predicted octanol–water partition coefficient (Wildman–Crippen LogP) is 0.732. The number of amides is 1. The number of carbonyl (C=O) groups excluding carboxylic acids is 1. The Hall–Kier alpha value is -1.46. The molecule has 1 fully saturated rings. The lowest BCUT2D eigenvalue weighted by atomic mass is 10.1. The van der Waals surface area contributed by atoms with E-state index >= 15 is 0 Å². The number of nitrogens with zero attached hydrogens (tertiary/aromatic N) is 2. The average Bonchev–Trinajstić information content (AvgIpc) is 2.46. The minimum atomic E-state index is -0.216. The van der Waals surface area contributed by atoms with Crippen LogP contribution in [0.2, 0.25) is 0 Å². The van der Waals surface area contributed by atoms with Gasteiger partial charge >= 0.3 is 0 Å². The molecule has 20 heavy (non-hydrogen) atoms. The Morgan fingerprint density at radius 2 is 1.85 bits per heavy atom. The maximum atomic E-state index is 12.7. The van der Waals surface area contributed by atoms with Gasteiger partial charge in [0.15, 0.2) is 0 Å². The number of hydrogen-bond donors (Lipinski definition) is 1. The summed E-state index contributed by atoms with van der Waals surface area (Å²) < 4.78 is 12.7. The van der Waals surface area contributed by atoms with Crippen molar-refractivity contribution in [3.8, 4) is 0 Å². The smallest absolute Gasteiger partial charge is 0.236 e. The second-order valence-electron chi connectivity index (χ2n) is 5.24. The number of nitrogens with one attached hydrogen (secondary N) is 1. The van der Waals surface area contributed by atoms with Crippen LogP contribution < -0.4 is 5.32 Å². The van der Waals surface area contributed by atoms with Gasteiger partial charge < -0.3 is 15.1 Å². The highest BCUT2D eigenvalue weighted by molar-refractivity contribution is 5.78. The quantitative estimate of drug-likeness (QED) is 0.807. The molecule has 0 spiro atoms. The van der Waals surface area contributed by atoms with Crippen LogP contribution in [-0.4, -0.2) is 62.0 Å². The van der Waals surface area contributed by atoms with E-state index in [4.69, 9.17) is 0 Å². The normalized spacial score (nSPS) is 16.4. The van der Waals surface area contributed by atoms with Crippen molar-refractivity contribution in [1.29, 1.82) is 0 Å². The van der Waals surface area contributed by atoms with E-state index in [0.717, 1.165) is 44.7 Å². The lowest BCUT2D eigenvalue weighted by Gasteiger charge is -2.32. The number of carbonyl (C=O) groups is 1. The number of likely N-dealkylation sites (N-methyl/N-ethyl adjacent to an activating group) is 1. The summed E-state index contributed by atoms with van der Waals surface area (Å²) in [5.74, 6) is -0.0517. The van der Waals surface area contributed by atoms with E-state index in [1.807, 2.05) is 4.90 Å². The first-order chi connectivity index (χ1) is 9.65. The van der Waals surface area contributed by atoms with E-state index in [9.17, 15) is 9.18 Å². The molecule has 1 saturated heterocycles. The number of piperazine rings is 1. The van der Waals surface area contributed by atoms with E-state index in [2.05, 4.69) is 17.3 Å². The van der Waals surface area contributed by atoms with Crippen LogP contribution in [0.15, 0.2) is 24.3 Å². The maximum absolute atomic E-state index is 12.7. The van der Waals surface area contributed by atoms with E-state index < -0.39 is 0 Å². The van der Waals surface area contributed by atoms with Gasteiger partial charge in [-0.05, 0) is 37.7 Å². The van der Waals surface area contributed by atoms with Gasteiger partial charge in [0, 0.05) is 26.2 Å². The average molecular weight is 279 g/mol. The number of halogens is 1. The molecule has 1 amide bonds. The van der Waals surface area contributed by atoms with Gasteiger partial charge in [-0.2, -0.15) is 0 Å². The van der Waals surface area contributed by atoms with Crippen LogP contribution in [0.1, 0.15) is 5.56 Å². The molecule has 1 aliphatic heterocycles. The zero-order valence-electron chi connectivity index (χ0n) is 11.9. The fraction of sp³-hybridized carbons (Fsp3) is 0.533. The van der Waals surface area contributed by atoms with Crippen LogP contribution in [0.4, 0.5) is 4.39 Å². The minimum Gasteiger partial charge on any atom is -0.339 e. The van der Waals surface area contributed by atoms with Crippen molar-refractivity contribution in [2.45, 2.75) is 6.42 Å². The maximum Gasteiger partial charge on any atom is 0.236 e. The van der Waals surface area contributed by atoms with Gasteiger partial charge in [0.25, 0.3) is 0 Å². The van der Waals surface area contributed by atoms with Crippen molar-refractivity contribution >= 4 is 5.91 Å². The first-order valence-electron chi connectivity index (χ1n) is 7.06. The van der Waals surface area contributed by atoms with Crippen LogP contribution in [0.3, 0.4) is 0 Å². The summed E-state index contributed by atoms with van der Waals surface area (Å²) >= 11 is 0. The minimum absolute atomic E-state index is 0.164. The summed E-state index contributed by atoms with van der Waals surface area (Å²) in [6.45, 7) is 4.63. The molecule has 1 N–H and O–H groups in total. The third kappa shape index (κ3) is 4.58. The number of rotatable bonds is 5. The molecule has 1 aliphatic rings. The zero-order chi connectivity index (χ0) is 14.4. The van der Waals surface area contributed by atoms with Crippen molar-refractivity contribution in [1.82, 2.24) is 15.1 Å². The van der Waals surface area contributed by atoms with E-state index in [-0.39, 0.29) is 11.7 Å². The van der Waals surface area contributed by atoms with Gasteiger partial charge in [-0.25, -0.2) is 4.39 Å². The van der Waals surface area contributed by atoms with Crippen molar-refractivity contribution in [3.05, 3.63) is 35.6 Å². The summed E-state index contributed by atoms with van der Waals surface area (Å²) in [5, 5.41) is 3.16. The standard InChI is InChI=1S/C15H22FN3O/c1-18-8-10-19(11-9-18)15(20)12-17-7-6-13-2-4-14(16)5-3-13/h2-5,17H,6-12H2,1H3. The Kier molecular flexibility index (Phi) is 5.49. The summed E-state index contributed by atoms with van der Waals surface area (Å²) in [4.78, 5) is 16.1. The van der Waals surface area contributed by atoms with Crippen molar-refractivity contribution in [2.24, 2.45) is 0 Å². The van der Waals surface area contributed by atoms with Crippen molar-refractivity contribution in [3.63, 3.8) is 0 Å². The second-order valence-corrected chi connectivity index (χ2v) is 5.24. The monoisotopic (exact) mass is 279 g/mol. The van der Waals surface area contributed by atoms with E-state index in [1.165, 1.54) is 12.1 Å². The van der Waals surface area contributed by atoms with Crippen LogP contribution in [0.5, 0.6) is 0 Å². The first kappa shape index (κ1) is 14.9. The third-order valence-electron chi connectivity index (χ3n) is 3.64. The van der Waals surface area contributed by atoms with Gasteiger partial charge in [0.05, 0.1) is 6.54 Å². The molecule has 0 aromatic heterocycles. The Morgan fingerprint density at radius 1 is 1.20 bits per heavy atom. The fourth-order valence-electron chi connectivity index (χ4n) is 2.25. The lowest BCUT2D eigenvalue weighted by Crippen LogP contribution is -2.49. The van der Waals surface area contributed by atoms with Gasteiger partial charge in [-0.1, -0.05) is 12.1 Å². The van der Waals surface area contributed by atoms with Gasteiger partial charge in [-0.3, -0.25) is 4.79 Å². The highest BCUT2D eigenvalue weighted by Crippen LogP contribution is 2.03. The Balaban J connectivity index is 1.63. The first-order valence-corrected chi connectivity index (χ1v) is 7.06. The van der Waals surface area contributed by atoms with Crippen LogP contribution >= 0.6 is 0 Å². The molecule has 5 heteroatoms. The molecule has 0 bridgehead atoms. The highest BCUT2D eigenvalue weighted by Gasteiger charge is 2.18. The van der Waals surface area contributed by atoms with E-state index in [1.54, 1.807) is 12.1 Å². The largest absolute Gasteiger partial charge is 0.339 e. The third-order valence-corrected chi connectivity index (χ3v) is 3.64. The van der Waals surface area contributed by atoms with Crippen LogP contribution in [0, 0.1) is 5.82 Å². The van der Waals surface area contributed by atoms with E-state index in [0.29, 0.717) is 6.54 Å². The van der Waals surface area contributed by atoms with Gasteiger partial charge in [0.2, 0.25) is 5.91 Å². The molecule has 2 rings (SSSR count). The lowest BCUT2D eigenvalue weighted by molar-refractivity contribution is -0.131. The molecule has 1 aromatic carbocycles. The topological polar surface area (TPSA) is 35.6 Å². The molecular weight excluding hydrogens is 257 g/mol. The molecule has 0 atom stereocenters. The Morgan fingerprint density at radius 3 is 2.50 bits per heavy atom. The molecule has 0 radical (unpaired) electrons. The zero-order valence-corrected chi connectivity index (χ0v) is 11.9.